The van der Waals surface area contributed by atoms with Crippen molar-refractivity contribution in [3.05, 3.63) is 42.5 Å². The summed E-state index contributed by atoms with van der Waals surface area (Å²) in [6, 6.07) is 10.7. The maximum absolute atomic E-state index is 12.7. The van der Waals surface area contributed by atoms with Gasteiger partial charge >= 0.3 is 5.76 Å². The SMILES string of the molecule is COc1cc(OC)cc(Oc2ccccc2[S+]([O-])C(F)F)c1. The Morgan fingerprint density at radius 2 is 1.50 bits per heavy atom. The van der Waals surface area contributed by atoms with Gasteiger partial charge in [0.15, 0.2) is 5.75 Å². The fourth-order valence-corrected chi connectivity index (χ4v) is 2.48. The molecule has 0 aliphatic rings. The Morgan fingerprint density at radius 3 is 2.05 bits per heavy atom. The van der Waals surface area contributed by atoms with E-state index in [2.05, 4.69) is 0 Å². The molecule has 2 aromatic carbocycles. The van der Waals surface area contributed by atoms with Crippen LogP contribution in [-0.2, 0) is 11.2 Å². The van der Waals surface area contributed by atoms with E-state index < -0.39 is 16.9 Å². The second kappa shape index (κ2) is 7.33. The van der Waals surface area contributed by atoms with E-state index in [1.807, 2.05) is 0 Å². The quantitative estimate of drug-likeness (QED) is 0.756. The molecule has 7 heteroatoms. The lowest BCUT2D eigenvalue weighted by molar-refractivity contribution is 0.234. The smallest absolute Gasteiger partial charge is 0.402 e. The van der Waals surface area contributed by atoms with Crippen molar-refractivity contribution in [2.24, 2.45) is 0 Å². The molecule has 0 aliphatic carbocycles. The highest BCUT2D eigenvalue weighted by Crippen LogP contribution is 2.35. The van der Waals surface area contributed by atoms with E-state index in [4.69, 9.17) is 14.2 Å². The molecular weight excluding hydrogens is 314 g/mol. The van der Waals surface area contributed by atoms with Crippen LogP contribution >= 0.6 is 0 Å². The van der Waals surface area contributed by atoms with E-state index >= 15 is 0 Å². The standard InChI is InChI=1S/C15H14F2O4S/c1-19-10-7-11(20-2)9-12(8-10)21-13-5-3-4-6-14(13)22(18)15(16)17/h3-9,15H,1-2H3. The van der Waals surface area contributed by atoms with Crippen LogP contribution < -0.4 is 14.2 Å². The van der Waals surface area contributed by atoms with E-state index in [9.17, 15) is 13.3 Å². The minimum atomic E-state index is -2.98. The number of halogens is 2. The van der Waals surface area contributed by atoms with Crippen LogP contribution in [0.3, 0.4) is 0 Å². The monoisotopic (exact) mass is 328 g/mol. The maximum Gasteiger partial charge on any atom is 0.402 e. The molecule has 0 aliphatic heterocycles. The van der Waals surface area contributed by atoms with E-state index in [1.54, 1.807) is 24.3 Å². The molecule has 0 saturated carbocycles. The van der Waals surface area contributed by atoms with Crippen LogP contribution in [0.15, 0.2) is 47.4 Å². The summed E-state index contributed by atoms with van der Waals surface area (Å²) in [4.78, 5) is -0.0701. The Kier molecular flexibility index (Phi) is 5.46. The van der Waals surface area contributed by atoms with Gasteiger partial charge in [0.25, 0.3) is 0 Å². The summed E-state index contributed by atoms with van der Waals surface area (Å²) in [7, 11) is 2.97. The molecule has 0 heterocycles. The first kappa shape index (κ1) is 16.4. The zero-order chi connectivity index (χ0) is 16.1. The Morgan fingerprint density at radius 1 is 0.955 bits per heavy atom. The van der Waals surface area contributed by atoms with Gasteiger partial charge in [-0.2, -0.15) is 8.78 Å². The number of para-hydroxylation sites is 1. The van der Waals surface area contributed by atoms with Gasteiger partial charge in [0.1, 0.15) is 17.2 Å². The predicted molar refractivity (Wildman–Crippen MR) is 78.5 cm³/mol. The van der Waals surface area contributed by atoms with Crippen LogP contribution in [0, 0.1) is 0 Å². The molecule has 0 fully saturated rings. The molecule has 0 saturated heterocycles. The van der Waals surface area contributed by atoms with Crippen LogP contribution in [0.1, 0.15) is 0 Å². The summed E-state index contributed by atoms with van der Waals surface area (Å²) in [6.45, 7) is 0. The molecule has 118 valence electrons. The molecule has 1 atom stereocenters. The van der Waals surface area contributed by atoms with Crippen LogP contribution in [0.5, 0.6) is 23.0 Å². The minimum Gasteiger partial charge on any atom is -0.607 e. The van der Waals surface area contributed by atoms with Crippen molar-refractivity contribution in [2.75, 3.05) is 14.2 Å². The van der Waals surface area contributed by atoms with Gasteiger partial charge in [-0.05, 0) is 12.1 Å². The van der Waals surface area contributed by atoms with Crippen molar-refractivity contribution < 1.29 is 27.5 Å². The number of alkyl halides is 2. The van der Waals surface area contributed by atoms with Gasteiger partial charge in [-0.3, -0.25) is 0 Å². The highest BCUT2D eigenvalue weighted by Gasteiger charge is 2.27. The second-order valence-electron chi connectivity index (χ2n) is 4.16. The van der Waals surface area contributed by atoms with E-state index in [-0.39, 0.29) is 10.6 Å². The fraction of sp³-hybridized carbons (Fsp3) is 0.200. The zero-order valence-corrected chi connectivity index (χ0v) is 12.7. The van der Waals surface area contributed by atoms with Crippen LogP contribution in [0.25, 0.3) is 0 Å². The van der Waals surface area contributed by atoms with E-state index in [0.29, 0.717) is 17.2 Å². The van der Waals surface area contributed by atoms with Crippen molar-refractivity contribution in [3.8, 4) is 23.0 Å². The first-order chi connectivity index (χ1) is 10.5. The van der Waals surface area contributed by atoms with Crippen LogP contribution in [0.2, 0.25) is 0 Å². The molecule has 2 aromatic rings. The number of hydrogen-bond acceptors (Lipinski definition) is 4. The van der Waals surface area contributed by atoms with Crippen LogP contribution in [-0.4, -0.2) is 24.5 Å². The highest BCUT2D eigenvalue weighted by molar-refractivity contribution is 7.91. The van der Waals surface area contributed by atoms with Gasteiger partial charge in [0.05, 0.1) is 25.4 Å². The number of rotatable bonds is 6. The molecule has 0 aromatic heterocycles. The lowest BCUT2D eigenvalue weighted by Gasteiger charge is -2.14. The van der Waals surface area contributed by atoms with Crippen LogP contribution in [0.4, 0.5) is 8.78 Å². The molecule has 0 N–H and O–H groups in total. The maximum atomic E-state index is 12.7. The average Bonchev–Trinajstić information content (AvgIpc) is 2.54. The van der Waals surface area contributed by atoms with Gasteiger partial charge in [-0.15, -0.1) is 0 Å². The first-order valence-corrected chi connectivity index (χ1v) is 7.45. The number of methoxy groups -OCH3 is 2. The van der Waals surface area contributed by atoms with Gasteiger partial charge in [0.2, 0.25) is 4.90 Å². The predicted octanol–water partition coefficient (Wildman–Crippen LogP) is 3.83. The van der Waals surface area contributed by atoms with Gasteiger partial charge in [-0.25, -0.2) is 0 Å². The van der Waals surface area contributed by atoms with Gasteiger partial charge in [0, 0.05) is 18.2 Å². The summed E-state index contributed by atoms with van der Waals surface area (Å²) in [5.74, 6) is -1.58. The zero-order valence-electron chi connectivity index (χ0n) is 11.9. The molecule has 22 heavy (non-hydrogen) atoms. The second-order valence-corrected chi connectivity index (χ2v) is 5.55. The summed E-state index contributed by atoms with van der Waals surface area (Å²) in [6.07, 6.45) is 0. The Balaban J connectivity index is 2.35. The Hall–Kier alpha value is -1.99. The summed E-state index contributed by atoms with van der Waals surface area (Å²) in [5.41, 5.74) is 0. The van der Waals surface area contributed by atoms with Crippen molar-refractivity contribution >= 4 is 11.2 Å². The molecule has 0 radical (unpaired) electrons. The van der Waals surface area contributed by atoms with Gasteiger partial charge < -0.3 is 18.8 Å². The Bertz CT molecular complexity index is 614. The average molecular weight is 328 g/mol. The number of ether oxygens (including phenoxy) is 3. The third-order valence-corrected chi connectivity index (χ3v) is 3.87. The van der Waals surface area contributed by atoms with Crippen molar-refractivity contribution in [1.29, 1.82) is 0 Å². The minimum absolute atomic E-state index is 0.0701. The molecule has 2 rings (SSSR count). The molecule has 0 bridgehead atoms. The van der Waals surface area contributed by atoms with Crippen molar-refractivity contribution in [2.45, 2.75) is 10.7 Å². The van der Waals surface area contributed by atoms with E-state index in [1.165, 1.54) is 32.4 Å². The molecule has 4 nitrogen and oxygen atoms in total. The first-order valence-electron chi connectivity index (χ1n) is 6.24. The third-order valence-electron chi connectivity index (χ3n) is 2.78. The third kappa shape index (κ3) is 3.80. The molecule has 1 unspecified atom stereocenters. The number of benzene rings is 2. The summed E-state index contributed by atoms with van der Waals surface area (Å²) < 4.78 is 52.8. The largest absolute Gasteiger partial charge is 0.607 e. The summed E-state index contributed by atoms with van der Waals surface area (Å²) >= 11 is -2.46. The normalized spacial score (nSPS) is 12.1. The molecule has 0 spiro atoms. The van der Waals surface area contributed by atoms with Crippen molar-refractivity contribution in [3.63, 3.8) is 0 Å². The lowest BCUT2D eigenvalue weighted by Crippen LogP contribution is -2.12. The van der Waals surface area contributed by atoms with E-state index in [0.717, 1.165) is 0 Å². The Labute approximate surface area is 129 Å². The summed E-state index contributed by atoms with van der Waals surface area (Å²) in [5, 5.41) is 0. The topological polar surface area (TPSA) is 50.8 Å². The van der Waals surface area contributed by atoms with Gasteiger partial charge in [-0.1, -0.05) is 12.1 Å². The van der Waals surface area contributed by atoms with Crippen molar-refractivity contribution in [1.82, 2.24) is 0 Å². The fourth-order valence-electron chi connectivity index (χ4n) is 1.76. The molecular formula is C15H14F2O4S. The molecule has 0 amide bonds. The highest BCUT2D eigenvalue weighted by atomic mass is 32.2. The lowest BCUT2D eigenvalue weighted by atomic mass is 10.3. The number of hydrogen-bond donors (Lipinski definition) is 0.